The van der Waals surface area contributed by atoms with Crippen molar-refractivity contribution in [2.45, 2.75) is 105 Å². The van der Waals surface area contributed by atoms with Gasteiger partial charge in [-0.3, -0.25) is 0 Å². The van der Waals surface area contributed by atoms with Crippen molar-refractivity contribution in [3.05, 3.63) is 180 Å². The molecule has 0 aliphatic heterocycles. The molecule has 0 fully saturated rings. The van der Waals surface area contributed by atoms with E-state index in [1.54, 1.807) is 0 Å². The zero-order valence-corrected chi connectivity index (χ0v) is 39.9. The van der Waals surface area contributed by atoms with Gasteiger partial charge in [0.2, 0.25) is 0 Å². The highest BCUT2D eigenvalue weighted by molar-refractivity contribution is 6.27. The van der Waals surface area contributed by atoms with Gasteiger partial charge < -0.3 is 9.47 Å². The van der Waals surface area contributed by atoms with Gasteiger partial charge >= 0.3 is 0 Å². The molecule has 2 heteroatoms. The summed E-state index contributed by atoms with van der Waals surface area (Å²) in [5, 5.41) is 10.2. The molecule has 0 saturated heterocycles. The monoisotopic (exact) mass is 834 g/mol. The Morgan fingerprint density at radius 2 is 0.828 bits per heavy atom. The highest BCUT2D eigenvalue weighted by Crippen LogP contribution is 2.49. The second kappa shape index (κ2) is 14.6. The van der Waals surface area contributed by atoms with Gasteiger partial charge in [-0.25, -0.2) is 0 Å². The van der Waals surface area contributed by atoms with Crippen molar-refractivity contribution in [2.75, 3.05) is 4.90 Å². The quantitative estimate of drug-likeness (QED) is 0.157. The molecule has 1 heterocycles. The fraction of sp³-hybridized carbons (Fsp3) is 0.258. The summed E-state index contributed by atoms with van der Waals surface area (Å²) < 4.78 is 2.53. The van der Waals surface area contributed by atoms with Crippen LogP contribution in [0.1, 0.15) is 105 Å². The van der Waals surface area contributed by atoms with Gasteiger partial charge in [0, 0.05) is 32.8 Å². The lowest BCUT2D eigenvalue weighted by Crippen LogP contribution is -2.16. The van der Waals surface area contributed by atoms with Gasteiger partial charge in [0.05, 0.1) is 28.1 Å². The molecular formula is C62H62N2. The summed E-state index contributed by atoms with van der Waals surface area (Å²) >= 11 is 0. The van der Waals surface area contributed by atoms with Crippen molar-refractivity contribution >= 4 is 71.2 Å². The number of hydrogen-bond donors (Lipinski definition) is 0. The number of benzene rings is 9. The van der Waals surface area contributed by atoms with Crippen LogP contribution < -0.4 is 4.90 Å². The third-order valence-electron chi connectivity index (χ3n) is 13.8. The molecule has 10 rings (SSSR count). The largest absolute Gasteiger partial charge is 0.309 e. The molecule has 0 unspecified atom stereocenters. The van der Waals surface area contributed by atoms with E-state index in [-0.39, 0.29) is 21.7 Å². The Kier molecular flexibility index (Phi) is 9.48. The van der Waals surface area contributed by atoms with E-state index in [0.717, 1.165) is 5.69 Å². The number of hydrogen-bond acceptors (Lipinski definition) is 1. The average Bonchev–Trinajstić information content (AvgIpc) is 3.58. The van der Waals surface area contributed by atoms with Gasteiger partial charge in [0.15, 0.2) is 0 Å². The van der Waals surface area contributed by atoms with E-state index < -0.39 is 0 Å². The summed E-state index contributed by atoms with van der Waals surface area (Å²) in [6.45, 7) is 27.7. The Hall–Kier alpha value is -6.38. The van der Waals surface area contributed by atoms with Crippen molar-refractivity contribution in [1.29, 1.82) is 0 Å². The smallest absolute Gasteiger partial charge is 0.0543 e. The van der Waals surface area contributed by atoms with E-state index >= 15 is 0 Å². The molecule has 320 valence electrons. The van der Waals surface area contributed by atoms with E-state index in [9.17, 15) is 0 Å². The summed E-state index contributed by atoms with van der Waals surface area (Å²) in [6, 6.07) is 60.4. The molecule has 0 aliphatic rings. The molecular weight excluding hydrogens is 773 g/mol. The van der Waals surface area contributed by atoms with Crippen LogP contribution in [0.5, 0.6) is 0 Å². The number of aromatic nitrogens is 1. The van der Waals surface area contributed by atoms with Crippen LogP contribution >= 0.6 is 0 Å². The summed E-state index contributed by atoms with van der Waals surface area (Å²) in [5.41, 5.74) is 15.0. The van der Waals surface area contributed by atoms with Gasteiger partial charge in [0.1, 0.15) is 0 Å². The molecule has 0 amide bonds. The highest BCUT2D eigenvalue weighted by atomic mass is 15.1. The van der Waals surface area contributed by atoms with Crippen molar-refractivity contribution in [3.63, 3.8) is 0 Å². The Morgan fingerprint density at radius 1 is 0.359 bits per heavy atom. The highest BCUT2D eigenvalue weighted by Gasteiger charge is 2.27. The van der Waals surface area contributed by atoms with Crippen molar-refractivity contribution < 1.29 is 0 Å². The molecule has 2 nitrogen and oxygen atoms in total. The molecule has 64 heavy (non-hydrogen) atoms. The van der Waals surface area contributed by atoms with E-state index in [1.165, 1.54) is 105 Å². The standard InChI is InChI=1S/C62H62N2/c1-59(2,3)42-22-27-46(28-23-42)63(56-38-45(62(10,11)12)24-31-47(56)39-16-14-13-15-17-39)52-32-20-40-19-30-49-53(33-21-41-18-29-48(52)57(40)58(41)49)64-54-34-25-43(60(4,5)6)36-50(54)51-37-44(61(7,8)9)26-35-55(51)64/h13-38H,1-12H3. The van der Waals surface area contributed by atoms with Crippen LogP contribution in [0.3, 0.4) is 0 Å². The van der Waals surface area contributed by atoms with Crippen molar-refractivity contribution in [2.24, 2.45) is 0 Å². The summed E-state index contributed by atoms with van der Waals surface area (Å²) in [6.07, 6.45) is 0. The second-order valence-corrected chi connectivity index (χ2v) is 22.4. The maximum absolute atomic E-state index is 2.53. The molecule has 0 radical (unpaired) electrons. The zero-order chi connectivity index (χ0) is 45.1. The molecule has 0 N–H and O–H groups in total. The predicted molar refractivity (Wildman–Crippen MR) is 279 cm³/mol. The topological polar surface area (TPSA) is 8.17 Å². The van der Waals surface area contributed by atoms with Crippen LogP contribution in [-0.4, -0.2) is 4.57 Å². The maximum atomic E-state index is 2.53. The average molecular weight is 835 g/mol. The molecule has 0 aliphatic carbocycles. The number of rotatable bonds is 5. The van der Waals surface area contributed by atoms with Gasteiger partial charge in [-0.05, 0) is 126 Å². The molecule has 10 aromatic rings. The van der Waals surface area contributed by atoms with Gasteiger partial charge in [-0.15, -0.1) is 0 Å². The first-order chi connectivity index (χ1) is 30.3. The minimum Gasteiger partial charge on any atom is -0.309 e. The van der Waals surface area contributed by atoms with Gasteiger partial charge in [-0.2, -0.15) is 0 Å². The molecule has 1 aromatic heterocycles. The van der Waals surface area contributed by atoms with Crippen LogP contribution in [0.2, 0.25) is 0 Å². The third kappa shape index (κ3) is 6.94. The Labute approximate surface area is 380 Å². The first kappa shape index (κ1) is 41.6. The third-order valence-corrected chi connectivity index (χ3v) is 13.8. The first-order valence-corrected chi connectivity index (χ1v) is 23.2. The Balaban J connectivity index is 1.27. The zero-order valence-electron chi connectivity index (χ0n) is 39.9. The van der Waals surface area contributed by atoms with E-state index in [2.05, 4.69) is 250 Å². The molecule has 0 bridgehead atoms. The van der Waals surface area contributed by atoms with Crippen LogP contribution in [0.15, 0.2) is 158 Å². The van der Waals surface area contributed by atoms with E-state index in [0.29, 0.717) is 0 Å². The lowest BCUT2D eigenvalue weighted by Gasteiger charge is -2.32. The van der Waals surface area contributed by atoms with Crippen LogP contribution in [0, 0.1) is 0 Å². The van der Waals surface area contributed by atoms with E-state index in [4.69, 9.17) is 0 Å². The van der Waals surface area contributed by atoms with Crippen LogP contribution in [0.4, 0.5) is 17.1 Å². The molecule has 0 saturated carbocycles. The minimum atomic E-state index is -0.0414. The van der Waals surface area contributed by atoms with Crippen molar-refractivity contribution in [1.82, 2.24) is 4.57 Å². The van der Waals surface area contributed by atoms with Crippen molar-refractivity contribution in [3.8, 4) is 16.8 Å². The summed E-state index contributed by atoms with van der Waals surface area (Å²) in [7, 11) is 0. The first-order valence-electron chi connectivity index (χ1n) is 23.2. The molecule has 0 spiro atoms. The van der Waals surface area contributed by atoms with Gasteiger partial charge in [0.25, 0.3) is 0 Å². The minimum absolute atomic E-state index is 0.0351. The Morgan fingerprint density at radius 3 is 1.39 bits per heavy atom. The number of nitrogens with zero attached hydrogens (tertiary/aromatic N) is 2. The van der Waals surface area contributed by atoms with E-state index in [1.807, 2.05) is 0 Å². The molecule has 0 atom stereocenters. The fourth-order valence-corrected chi connectivity index (χ4v) is 9.94. The Bertz CT molecular complexity index is 3320. The molecule has 9 aromatic carbocycles. The predicted octanol–water partition coefficient (Wildman–Crippen LogP) is 18.0. The second-order valence-electron chi connectivity index (χ2n) is 22.4. The maximum Gasteiger partial charge on any atom is 0.0543 e. The SMILES string of the molecule is CC(C)(C)c1ccc(N(c2cc(C(C)(C)C)ccc2-c2ccccc2)c2ccc3ccc4c(-n5c6ccc(C(C)(C)C)cc6c6cc(C(C)(C)C)ccc65)ccc5ccc2c3c54)cc1. The summed E-state index contributed by atoms with van der Waals surface area (Å²) in [4.78, 5) is 2.53. The number of fused-ring (bicyclic) bond motifs is 3. The van der Waals surface area contributed by atoms with Crippen LogP contribution in [0.25, 0.3) is 70.9 Å². The number of anilines is 3. The summed E-state index contributed by atoms with van der Waals surface area (Å²) in [5.74, 6) is 0. The van der Waals surface area contributed by atoms with Crippen LogP contribution in [-0.2, 0) is 21.7 Å². The fourth-order valence-electron chi connectivity index (χ4n) is 9.94. The normalized spacial score (nSPS) is 13.0. The lowest BCUT2D eigenvalue weighted by atomic mass is 9.85. The lowest BCUT2D eigenvalue weighted by molar-refractivity contribution is 0.590. The van der Waals surface area contributed by atoms with Gasteiger partial charge in [-0.1, -0.05) is 186 Å².